The zero-order chi connectivity index (χ0) is 13.3. The van der Waals surface area contributed by atoms with Gasteiger partial charge in [-0.05, 0) is 25.7 Å². The Kier molecular flexibility index (Phi) is 3.50. The topological polar surface area (TPSA) is 94.9 Å². The SMILES string of the molecule is Cc1nc(C2CCC(C)CC2)nc(N)c1C(N)=O. The van der Waals surface area contributed by atoms with Crippen LogP contribution in [0.15, 0.2) is 0 Å². The van der Waals surface area contributed by atoms with E-state index in [0.717, 1.165) is 24.6 Å². The maximum absolute atomic E-state index is 11.2. The largest absolute Gasteiger partial charge is 0.383 e. The lowest BCUT2D eigenvalue weighted by molar-refractivity contribution is 0.1000. The number of aromatic nitrogens is 2. The van der Waals surface area contributed by atoms with Gasteiger partial charge in [0.15, 0.2) is 0 Å². The number of nitrogen functional groups attached to an aromatic ring is 1. The number of nitrogens with two attached hydrogens (primary N) is 2. The van der Waals surface area contributed by atoms with Gasteiger partial charge in [-0.15, -0.1) is 0 Å². The Bertz CT molecular complexity index is 441. The fourth-order valence-corrected chi connectivity index (χ4v) is 2.62. The number of carbonyl (C=O) groups excluding carboxylic acids is 1. The number of primary amides is 1. The van der Waals surface area contributed by atoms with Crippen molar-refractivity contribution in [3.8, 4) is 0 Å². The van der Waals surface area contributed by atoms with Gasteiger partial charge in [-0.3, -0.25) is 4.79 Å². The molecular formula is C13H20N4O. The second-order valence-corrected chi connectivity index (χ2v) is 5.25. The van der Waals surface area contributed by atoms with Crippen LogP contribution in [-0.2, 0) is 0 Å². The number of aryl methyl sites for hydroxylation is 1. The highest BCUT2D eigenvalue weighted by Crippen LogP contribution is 2.34. The monoisotopic (exact) mass is 248 g/mol. The second-order valence-electron chi connectivity index (χ2n) is 5.25. The molecule has 1 aliphatic rings. The predicted octanol–water partition coefficient (Wildman–Crippen LogP) is 1.76. The number of rotatable bonds is 2. The Morgan fingerprint density at radius 3 is 2.33 bits per heavy atom. The Hall–Kier alpha value is -1.65. The van der Waals surface area contributed by atoms with E-state index in [9.17, 15) is 4.79 Å². The van der Waals surface area contributed by atoms with Crippen LogP contribution in [0.3, 0.4) is 0 Å². The molecule has 0 unspecified atom stereocenters. The Labute approximate surface area is 107 Å². The molecule has 18 heavy (non-hydrogen) atoms. The maximum Gasteiger partial charge on any atom is 0.254 e. The third-order valence-corrected chi connectivity index (χ3v) is 3.76. The number of nitrogens with zero attached hydrogens (tertiary/aromatic N) is 2. The van der Waals surface area contributed by atoms with Gasteiger partial charge in [-0.2, -0.15) is 0 Å². The van der Waals surface area contributed by atoms with Crippen LogP contribution in [0, 0.1) is 12.8 Å². The molecular weight excluding hydrogens is 228 g/mol. The third kappa shape index (κ3) is 2.44. The number of anilines is 1. The molecule has 1 aromatic rings. The minimum atomic E-state index is -0.561. The first-order chi connectivity index (χ1) is 8.49. The number of carbonyl (C=O) groups is 1. The molecule has 98 valence electrons. The minimum Gasteiger partial charge on any atom is -0.383 e. The number of hydrogen-bond donors (Lipinski definition) is 2. The van der Waals surface area contributed by atoms with Gasteiger partial charge in [0.05, 0.1) is 5.69 Å². The average Bonchev–Trinajstić information content (AvgIpc) is 2.28. The lowest BCUT2D eigenvalue weighted by Gasteiger charge is -2.25. The summed E-state index contributed by atoms with van der Waals surface area (Å²) in [4.78, 5) is 19.9. The molecule has 0 saturated heterocycles. The highest BCUT2D eigenvalue weighted by Gasteiger charge is 2.24. The van der Waals surface area contributed by atoms with Crippen molar-refractivity contribution in [2.75, 3.05) is 5.73 Å². The van der Waals surface area contributed by atoms with Crippen LogP contribution in [0.4, 0.5) is 5.82 Å². The van der Waals surface area contributed by atoms with E-state index in [-0.39, 0.29) is 11.4 Å². The van der Waals surface area contributed by atoms with Crippen molar-refractivity contribution in [2.24, 2.45) is 11.7 Å². The van der Waals surface area contributed by atoms with Crippen molar-refractivity contribution in [1.82, 2.24) is 9.97 Å². The molecule has 0 aromatic carbocycles. The summed E-state index contributed by atoms with van der Waals surface area (Å²) < 4.78 is 0. The zero-order valence-corrected chi connectivity index (χ0v) is 10.9. The maximum atomic E-state index is 11.2. The van der Waals surface area contributed by atoms with Gasteiger partial charge in [0, 0.05) is 5.92 Å². The van der Waals surface area contributed by atoms with Crippen LogP contribution in [0.5, 0.6) is 0 Å². The summed E-state index contributed by atoms with van der Waals surface area (Å²) in [6.45, 7) is 4.03. The minimum absolute atomic E-state index is 0.212. The highest BCUT2D eigenvalue weighted by atomic mass is 16.1. The highest BCUT2D eigenvalue weighted by molar-refractivity contribution is 5.98. The molecule has 5 heteroatoms. The molecule has 0 radical (unpaired) electrons. The molecule has 4 N–H and O–H groups in total. The van der Waals surface area contributed by atoms with Crippen LogP contribution in [0.1, 0.15) is 60.4 Å². The van der Waals surface area contributed by atoms with Gasteiger partial charge in [-0.1, -0.05) is 19.8 Å². The zero-order valence-electron chi connectivity index (χ0n) is 10.9. The van der Waals surface area contributed by atoms with Crippen LogP contribution in [0.25, 0.3) is 0 Å². The van der Waals surface area contributed by atoms with E-state index >= 15 is 0 Å². The Morgan fingerprint density at radius 2 is 1.83 bits per heavy atom. The van der Waals surface area contributed by atoms with Gasteiger partial charge >= 0.3 is 0 Å². The molecule has 1 saturated carbocycles. The second kappa shape index (κ2) is 4.92. The van der Waals surface area contributed by atoms with Gasteiger partial charge < -0.3 is 11.5 Å². The first kappa shape index (κ1) is 12.8. The molecule has 0 bridgehead atoms. The summed E-state index contributed by atoms with van der Waals surface area (Å²) in [6.07, 6.45) is 4.58. The van der Waals surface area contributed by atoms with Crippen LogP contribution >= 0.6 is 0 Å². The smallest absolute Gasteiger partial charge is 0.254 e. The fraction of sp³-hybridized carbons (Fsp3) is 0.615. The summed E-state index contributed by atoms with van der Waals surface area (Å²) in [5.74, 6) is 1.56. The molecule has 5 nitrogen and oxygen atoms in total. The van der Waals surface area contributed by atoms with Crippen molar-refractivity contribution in [2.45, 2.75) is 45.4 Å². The molecule has 0 atom stereocenters. The summed E-state index contributed by atoms with van der Waals surface area (Å²) in [5.41, 5.74) is 11.9. The fourth-order valence-electron chi connectivity index (χ4n) is 2.62. The molecule has 1 amide bonds. The summed E-state index contributed by atoms with van der Waals surface area (Å²) in [7, 11) is 0. The molecule has 0 spiro atoms. The van der Waals surface area contributed by atoms with Crippen LogP contribution in [0.2, 0.25) is 0 Å². The first-order valence-electron chi connectivity index (χ1n) is 6.42. The van der Waals surface area contributed by atoms with E-state index in [2.05, 4.69) is 16.9 Å². The Balaban J connectivity index is 2.28. The lowest BCUT2D eigenvalue weighted by Crippen LogP contribution is -2.20. The number of hydrogen-bond acceptors (Lipinski definition) is 4. The van der Waals surface area contributed by atoms with E-state index in [4.69, 9.17) is 11.5 Å². The van der Waals surface area contributed by atoms with Crippen LogP contribution in [-0.4, -0.2) is 15.9 Å². The van der Waals surface area contributed by atoms with E-state index in [1.165, 1.54) is 12.8 Å². The average molecular weight is 248 g/mol. The molecule has 1 fully saturated rings. The molecule has 1 aromatic heterocycles. The lowest BCUT2D eigenvalue weighted by atomic mass is 9.82. The normalized spacial score (nSPS) is 23.9. The number of amides is 1. The van der Waals surface area contributed by atoms with Crippen molar-refractivity contribution >= 4 is 11.7 Å². The predicted molar refractivity (Wildman–Crippen MR) is 70.1 cm³/mol. The van der Waals surface area contributed by atoms with Crippen LogP contribution < -0.4 is 11.5 Å². The van der Waals surface area contributed by atoms with Crippen molar-refractivity contribution < 1.29 is 4.79 Å². The van der Waals surface area contributed by atoms with Crippen molar-refractivity contribution in [3.63, 3.8) is 0 Å². The quantitative estimate of drug-likeness (QED) is 0.833. The van der Waals surface area contributed by atoms with E-state index in [1.807, 2.05) is 0 Å². The third-order valence-electron chi connectivity index (χ3n) is 3.76. The summed E-state index contributed by atoms with van der Waals surface area (Å²) >= 11 is 0. The summed E-state index contributed by atoms with van der Waals surface area (Å²) in [6, 6.07) is 0. The van der Waals surface area contributed by atoms with E-state index < -0.39 is 5.91 Å². The van der Waals surface area contributed by atoms with Gasteiger partial charge in [0.1, 0.15) is 17.2 Å². The van der Waals surface area contributed by atoms with E-state index in [1.54, 1.807) is 6.92 Å². The summed E-state index contributed by atoms with van der Waals surface area (Å²) in [5, 5.41) is 0. The Morgan fingerprint density at radius 1 is 1.22 bits per heavy atom. The van der Waals surface area contributed by atoms with E-state index in [0.29, 0.717) is 11.6 Å². The van der Waals surface area contributed by atoms with Gasteiger partial charge in [0.25, 0.3) is 5.91 Å². The van der Waals surface area contributed by atoms with Crippen molar-refractivity contribution in [3.05, 3.63) is 17.1 Å². The molecule has 2 rings (SSSR count). The van der Waals surface area contributed by atoms with Crippen molar-refractivity contribution in [1.29, 1.82) is 0 Å². The molecule has 1 heterocycles. The van der Waals surface area contributed by atoms with Gasteiger partial charge in [0.2, 0.25) is 0 Å². The molecule has 1 aliphatic carbocycles. The first-order valence-corrected chi connectivity index (χ1v) is 6.42. The van der Waals surface area contributed by atoms with Gasteiger partial charge in [-0.25, -0.2) is 9.97 Å². The molecule has 0 aliphatic heterocycles. The standard InChI is InChI=1S/C13H20N4O/c1-7-3-5-9(6-4-7)13-16-8(2)10(12(15)18)11(14)17-13/h7,9H,3-6H2,1-2H3,(H2,15,18)(H2,14,16,17).